The quantitative estimate of drug-likeness (QED) is 0.564. The third-order valence-corrected chi connectivity index (χ3v) is 6.91. The number of nitrogens with zero attached hydrogens (tertiary/aromatic N) is 2. The van der Waals surface area contributed by atoms with E-state index in [0.717, 1.165) is 19.3 Å². The summed E-state index contributed by atoms with van der Waals surface area (Å²) in [6.45, 7) is 0. The topological polar surface area (TPSA) is 105 Å². The van der Waals surface area contributed by atoms with Crippen LogP contribution in [0.3, 0.4) is 0 Å². The third-order valence-electron chi connectivity index (χ3n) is 6.91. The number of rotatable bonds is 6. The fraction of sp³-hybridized carbons (Fsp3) is 0.619. The Morgan fingerprint density at radius 1 is 1.07 bits per heavy atom. The van der Waals surface area contributed by atoms with Gasteiger partial charge in [0.05, 0.1) is 4.92 Å². The molecule has 0 aromatic heterocycles. The number of hydrogen-bond acceptors (Lipinski definition) is 5. The van der Waals surface area contributed by atoms with Crippen LogP contribution >= 0.6 is 0 Å². The third kappa shape index (κ3) is 3.85. The lowest BCUT2D eigenvalue weighted by atomic mass is 9.47. The molecular formula is C21H28N4O4. The van der Waals surface area contributed by atoms with Crippen molar-refractivity contribution in [1.82, 2.24) is 15.8 Å². The summed E-state index contributed by atoms with van der Waals surface area (Å²) in [5.41, 5.74) is 2.89. The Kier molecular flexibility index (Phi) is 5.06. The van der Waals surface area contributed by atoms with Gasteiger partial charge in [-0.05, 0) is 68.4 Å². The van der Waals surface area contributed by atoms with Gasteiger partial charge in [0, 0.05) is 37.2 Å². The number of benzene rings is 1. The maximum absolute atomic E-state index is 13.1. The number of carbonyl (C=O) groups is 2. The van der Waals surface area contributed by atoms with E-state index in [1.54, 1.807) is 19.1 Å². The molecule has 4 aliphatic rings. The fourth-order valence-electron chi connectivity index (χ4n) is 6.26. The Bertz CT molecular complexity index is 785. The van der Waals surface area contributed by atoms with E-state index in [9.17, 15) is 19.7 Å². The number of nitro groups is 1. The van der Waals surface area contributed by atoms with Gasteiger partial charge in [-0.3, -0.25) is 25.1 Å². The molecular weight excluding hydrogens is 372 g/mol. The smallest absolute Gasteiger partial charge is 0.269 e. The molecule has 29 heavy (non-hydrogen) atoms. The van der Waals surface area contributed by atoms with Crippen LogP contribution in [0.1, 0.15) is 48.9 Å². The highest BCUT2D eigenvalue weighted by Crippen LogP contribution is 2.61. The number of hydrazine groups is 1. The second-order valence-electron chi connectivity index (χ2n) is 9.36. The molecule has 8 nitrogen and oxygen atoms in total. The summed E-state index contributed by atoms with van der Waals surface area (Å²) < 4.78 is 0. The van der Waals surface area contributed by atoms with E-state index in [1.165, 1.54) is 43.5 Å². The SMILES string of the molecule is CN(C)NC(=O)C(NC(=O)c1ccc([N+](=O)[O-])cc1)C12CC3CC(CC(C3)C1)C2. The number of amides is 2. The summed E-state index contributed by atoms with van der Waals surface area (Å²) in [6, 6.07) is 4.89. The highest BCUT2D eigenvalue weighted by Gasteiger charge is 2.56. The van der Waals surface area contributed by atoms with Crippen LogP contribution in [0.4, 0.5) is 5.69 Å². The van der Waals surface area contributed by atoms with Crippen LogP contribution in [0.25, 0.3) is 0 Å². The van der Waals surface area contributed by atoms with Crippen molar-refractivity contribution in [3.63, 3.8) is 0 Å². The van der Waals surface area contributed by atoms with Crippen LogP contribution in [-0.4, -0.2) is 41.9 Å². The van der Waals surface area contributed by atoms with Crippen molar-refractivity contribution in [2.75, 3.05) is 14.1 Å². The first-order valence-electron chi connectivity index (χ1n) is 10.3. The van der Waals surface area contributed by atoms with Gasteiger partial charge < -0.3 is 5.32 Å². The minimum Gasteiger partial charge on any atom is -0.340 e. The van der Waals surface area contributed by atoms with E-state index < -0.39 is 11.0 Å². The van der Waals surface area contributed by atoms with Crippen molar-refractivity contribution in [2.45, 2.75) is 44.6 Å². The Hall–Kier alpha value is -2.48. The molecule has 1 aromatic rings. The van der Waals surface area contributed by atoms with Gasteiger partial charge in [-0.25, -0.2) is 5.01 Å². The van der Waals surface area contributed by atoms with E-state index in [-0.39, 0.29) is 22.9 Å². The lowest BCUT2D eigenvalue weighted by Crippen LogP contribution is -2.63. The molecule has 4 bridgehead atoms. The number of hydrogen-bond donors (Lipinski definition) is 2. The number of nitro benzene ring substituents is 1. The van der Waals surface area contributed by atoms with Crippen molar-refractivity contribution >= 4 is 17.5 Å². The van der Waals surface area contributed by atoms with Gasteiger partial charge in [-0.15, -0.1) is 0 Å². The van der Waals surface area contributed by atoms with Crippen molar-refractivity contribution in [2.24, 2.45) is 23.2 Å². The Morgan fingerprint density at radius 2 is 1.59 bits per heavy atom. The summed E-state index contributed by atoms with van der Waals surface area (Å²) in [6.07, 6.45) is 6.67. The first-order valence-corrected chi connectivity index (χ1v) is 10.3. The normalized spacial score (nSPS) is 30.8. The van der Waals surface area contributed by atoms with Gasteiger partial charge in [0.25, 0.3) is 17.5 Å². The van der Waals surface area contributed by atoms with E-state index >= 15 is 0 Å². The molecule has 1 atom stereocenters. The lowest BCUT2D eigenvalue weighted by Gasteiger charge is -2.59. The molecule has 1 aromatic carbocycles. The van der Waals surface area contributed by atoms with Crippen LogP contribution in [0.2, 0.25) is 0 Å². The zero-order valence-corrected chi connectivity index (χ0v) is 16.9. The highest BCUT2D eigenvalue weighted by molar-refractivity contribution is 5.98. The summed E-state index contributed by atoms with van der Waals surface area (Å²) in [7, 11) is 3.51. The fourth-order valence-corrected chi connectivity index (χ4v) is 6.26. The standard InChI is InChI=1S/C21H28N4O4/c1-24(2)23-20(27)18(21-10-13-7-14(11-21)9-15(8-13)12-21)22-19(26)16-3-5-17(6-4-16)25(28)29/h3-6,13-15,18H,7-12H2,1-2H3,(H,22,26)(H,23,27). The monoisotopic (exact) mass is 400 g/mol. The lowest BCUT2D eigenvalue weighted by molar-refractivity contribution is -0.384. The molecule has 4 aliphatic carbocycles. The van der Waals surface area contributed by atoms with Gasteiger partial charge >= 0.3 is 0 Å². The largest absolute Gasteiger partial charge is 0.340 e. The molecule has 156 valence electrons. The molecule has 0 aliphatic heterocycles. The minimum atomic E-state index is -0.610. The van der Waals surface area contributed by atoms with E-state index in [4.69, 9.17) is 0 Å². The molecule has 1 unspecified atom stereocenters. The van der Waals surface area contributed by atoms with Crippen LogP contribution in [0, 0.1) is 33.3 Å². The molecule has 0 radical (unpaired) electrons. The molecule has 2 N–H and O–H groups in total. The molecule has 0 heterocycles. The Balaban J connectivity index is 1.58. The van der Waals surface area contributed by atoms with Gasteiger partial charge in [0.15, 0.2) is 0 Å². The summed E-state index contributed by atoms with van der Waals surface area (Å²) >= 11 is 0. The average Bonchev–Trinajstić information content (AvgIpc) is 2.64. The summed E-state index contributed by atoms with van der Waals surface area (Å²) in [5, 5.41) is 15.5. The Morgan fingerprint density at radius 3 is 2.03 bits per heavy atom. The van der Waals surface area contributed by atoms with Crippen molar-refractivity contribution < 1.29 is 14.5 Å². The van der Waals surface area contributed by atoms with E-state index in [0.29, 0.717) is 23.3 Å². The van der Waals surface area contributed by atoms with Crippen LogP contribution in [-0.2, 0) is 4.79 Å². The van der Waals surface area contributed by atoms with Gasteiger partial charge in [0.2, 0.25) is 0 Å². The van der Waals surface area contributed by atoms with Crippen molar-refractivity contribution in [3.05, 3.63) is 39.9 Å². The molecule has 4 fully saturated rings. The van der Waals surface area contributed by atoms with Gasteiger partial charge in [-0.1, -0.05) is 0 Å². The second kappa shape index (κ2) is 7.40. The minimum absolute atomic E-state index is 0.0652. The molecule has 2 amide bonds. The maximum atomic E-state index is 13.1. The molecule has 4 saturated carbocycles. The number of carbonyl (C=O) groups excluding carboxylic acids is 2. The van der Waals surface area contributed by atoms with E-state index in [1.807, 2.05) is 0 Å². The zero-order valence-electron chi connectivity index (χ0n) is 16.9. The molecule has 0 saturated heterocycles. The first-order chi connectivity index (χ1) is 13.8. The van der Waals surface area contributed by atoms with Crippen LogP contribution < -0.4 is 10.7 Å². The maximum Gasteiger partial charge on any atom is 0.269 e. The predicted octanol–water partition coefficient (Wildman–Crippen LogP) is 2.50. The molecule has 5 rings (SSSR count). The van der Waals surface area contributed by atoms with Crippen LogP contribution in [0.5, 0.6) is 0 Å². The van der Waals surface area contributed by atoms with Gasteiger partial charge in [0.1, 0.15) is 6.04 Å². The summed E-state index contributed by atoms with van der Waals surface area (Å²) in [5.74, 6) is 1.38. The van der Waals surface area contributed by atoms with Crippen molar-refractivity contribution in [3.8, 4) is 0 Å². The Labute approximate surface area is 170 Å². The summed E-state index contributed by atoms with van der Waals surface area (Å²) in [4.78, 5) is 36.4. The van der Waals surface area contributed by atoms with E-state index in [2.05, 4.69) is 10.7 Å². The number of nitrogens with one attached hydrogen (secondary N) is 2. The van der Waals surface area contributed by atoms with Crippen LogP contribution in [0.15, 0.2) is 24.3 Å². The number of non-ortho nitro benzene ring substituents is 1. The van der Waals surface area contributed by atoms with Gasteiger partial charge in [-0.2, -0.15) is 0 Å². The first kappa shape index (κ1) is 19.8. The molecule has 0 spiro atoms. The van der Waals surface area contributed by atoms with Crippen molar-refractivity contribution in [1.29, 1.82) is 0 Å². The average molecular weight is 400 g/mol. The highest BCUT2D eigenvalue weighted by atomic mass is 16.6. The zero-order chi connectivity index (χ0) is 20.8. The second-order valence-corrected chi connectivity index (χ2v) is 9.36. The predicted molar refractivity (Wildman–Crippen MR) is 107 cm³/mol. The molecule has 8 heteroatoms.